The third-order valence-corrected chi connectivity index (χ3v) is 5.76. The second-order valence-electron chi connectivity index (χ2n) is 9.07. The summed E-state index contributed by atoms with van der Waals surface area (Å²) in [6.45, 7) is 4.00. The number of benzene rings is 1. The molecule has 36 heavy (non-hydrogen) atoms. The molecule has 1 amide bonds. The van der Waals surface area contributed by atoms with Gasteiger partial charge >= 0.3 is 0 Å². The zero-order valence-electron chi connectivity index (χ0n) is 19.7. The van der Waals surface area contributed by atoms with E-state index in [0.29, 0.717) is 34.3 Å². The summed E-state index contributed by atoms with van der Waals surface area (Å²) in [6.07, 6.45) is 5.08. The van der Waals surface area contributed by atoms with Crippen LogP contribution >= 0.6 is 24.8 Å². The van der Waals surface area contributed by atoms with Gasteiger partial charge in [0, 0.05) is 30.2 Å². The number of carbonyl (C=O) groups is 1. The average Bonchev–Trinajstić information content (AvgIpc) is 3.60. The predicted molar refractivity (Wildman–Crippen MR) is 141 cm³/mol. The zero-order valence-corrected chi connectivity index (χ0v) is 21.4. The second-order valence-corrected chi connectivity index (χ2v) is 9.07. The Balaban J connectivity index is 0.00000180. The molecule has 190 valence electrons. The van der Waals surface area contributed by atoms with Gasteiger partial charge in [0.05, 0.1) is 11.1 Å². The summed E-state index contributed by atoms with van der Waals surface area (Å²) in [4.78, 5) is 25.4. The number of anilines is 2. The molecule has 1 saturated carbocycles. The summed E-state index contributed by atoms with van der Waals surface area (Å²) in [6, 6.07) is 12.2. The van der Waals surface area contributed by atoms with Crippen LogP contribution in [0.25, 0.3) is 16.9 Å². The highest BCUT2D eigenvalue weighted by Crippen LogP contribution is 2.28. The van der Waals surface area contributed by atoms with Crippen LogP contribution in [-0.2, 0) is 5.60 Å². The minimum absolute atomic E-state index is 0. The number of nitrogens with zero attached hydrogens (tertiary/aromatic N) is 4. The number of rotatable bonds is 7. The van der Waals surface area contributed by atoms with Gasteiger partial charge in [0.15, 0.2) is 11.5 Å². The molecule has 0 unspecified atom stereocenters. The first kappa shape index (κ1) is 27.3. The van der Waals surface area contributed by atoms with Crippen molar-refractivity contribution in [2.24, 2.45) is 5.92 Å². The van der Waals surface area contributed by atoms with Crippen molar-refractivity contribution >= 4 is 53.4 Å². The van der Waals surface area contributed by atoms with E-state index in [1.807, 2.05) is 0 Å². The number of carbonyl (C=O) groups excluding carboxylic acids is 1. The second kappa shape index (κ2) is 10.8. The van der Waals surface area contributed by atoms with Crippen molar-refractivity contribution < 1.29 is 14.3 Å². The van der Waals surface area contributed by atoms with Crippen LogP contribution in [0, 0.1) is 11.7 Å². The third-order valence-electron chi connectivity index (χ3n) is 5.76. The fourth-order valence-corrected chi connectivity index (χ4v) is 3.60. The van der Waals surface area contributed by atoms with Crippen LogP contribution in [0.1, 0.15) is 42.7 Å². The highest BCUT2D eigenvalue weighted by molar-refractivity contribution is 5.94. The van der Waals surface area contributed by atoms with Crippen LogP contribution in [0.5, 0.6) is 0 Å². The molecule has 1 aliphatic carbocycles. The largest absolute Gasteiger partial charge is 0.384 e. The van der Waals surface area contributed by atoms with Crippen molar-refractivity contribution in [3.63, 3.8) is 0 Å². The highest BCUT2D eigenvalue weighted by atomic mass is 35.5. The molecular formula is C25H27Cl2FN6O2. The number of aromatic nitrogens is 4. The molecule has 0 radical (unpaired) electrons. The Morgan fingerprint density at radius 1 is 1.14 bits per heavy atom. The lowest BCUT2D eigenvalue weighted by molar-refractivity contribution is 0.0738. The van der Waals surface area contributed by atoms with Crippen molar-refractivity contribution in [2.75, 3.05) is 11.9 Å². The van der Waals surface area contributed by atoms with E-state index in [0.717, 1.165) is 6.54 Å². The molecule has 3 N–H and O–H groups in total. The molecule has 0 spiro atoms. The van der Waals surface area contributed by atoms with Crippen LogP contribution in [0.15, 0.2) is 54.9 Å². The molecule has 0 saturated heterocycles. The van der Waals surface area contributed by atoms with E-state index in [1.54, 1.807) is 56.3 Å². The van der Waals surface area contributed by atoms with Crippen molar-refractivity contribution in [2.45, 2.75) is 32.3 Å². The highest BCUT2D eigenvalue weighted by Gasteiger charge is 2.22. The van der Waals surface area contributed by atoms with Crippen molar-refractivity contribution in [1.82, 2.24) is 24.8 Å². The SMILES string of the molecule is CC(C)(O)c1cccc(-n2cc(F)c3cnc(Nc4ccc(C(=O)NCC5CC5)cc4)nc32)n1.Cl.Cl. The summed E-state index contributed by atoms with van der Waals surface area (Å²) in [5.41, 5.74) is 0.933. The first-order chi connectivity index (χ1) is 16.3. The smallest absolute Gasteiger partial charge is 0.251 e. The number of halogens is 3. The molecule has 4 aromatic rings. The number of hydrogen-bond donors (Lipinski definition) is 3. The first-order valence-electron chi connectivity index (χ1n) is 11.2. The summed E-state index contributed by atoms with van der Waals surface area (Å²) in [7, 11) is 0. The molecule has 8 nitrogen and oxygen atoms in total. The normalized spacial score (nSPS) is 13.0. The number of fused-ring (bicyclic) bond motifs is 1. The van der Waals surface area contributed by atoms with Gasteiger partial charge in [0.2, 0.25) is 5.95 Å². The van der Waals surface area contributed by atoms with Crippen LogP contribution in [-0.4, -0.2) is 37.1 Å². The maximum absolute atomic E-state index is 14.6. The predicted octanol–water partition coefficient (Wildman–Crippen LogP) is 4.91. The summed E-state index contributed by atoms with van der Waals surface area (Å²) in [5.74, 6) is 0.758. The van der Waals surface area contributed by atoms with Gasteiger partial charge in [-0.05, 0) is 69.0 Å². The van der Waals surface area contributed by atoms with E-state index in [9.17, 15) is 14.3 Å². The Bertz CT molecular complexity index is 1370. The van der Waals surface area contributed by atoms with Crippen LogP contribution in [0.4, 0.5) is 16.0 Å². The van der Waals surface area contributed by atoms with Crippen LogP contribution in [0.2, 0.25) is 0 Å². The van der Waals surface area contributed by atoms with E-state index in [4.69, 9.17) is 0 Å². The number of amides is 1. The van der Waals surface area contributed by atoms with Gasteiger partial charge < -0.3 is 15.7 Å². The van der Waals surface area contributed by atoms with Gasteiger partial charge in [0.25, 0.3) is 5.91 Å². The molecule has 5 rings (SSSR count). The Hall–Kier alpha value is -3.27. The Morgan fingerprint density at radius 3 is 2.53 bits per heavy atom. The Kier molecular flexibility index (Phi) is 8.18. The number of nitrogens with one attached hydrogen (secondary N) is 2. The Labute approximate surface area is 220 Å². The van der Waals surface area contributed by atoms with Crippen molar-refractivity contribution in [1.29, 1.82) is 0 Å². The van der Waals surface area contributed by atoms with E-state index in [1.165, 1.54) is 29.8 Å². The number of hydrogen-bond acceptors (Lipinski definition) is 6. The maximum Gasteiger partial charge on any atom is 0.251 e. The van der Waals surface area contributed by atoms with E-state index in [-0.39, 0.29) is 42.1 Å². The van der Waals surface area contributed by atoms with Crippen molar-refractivity contribution in [3.05, 3.63) is 71.9 Å². The van der Waals surface area contributed by atoms with E-state index in [2.05, 4.69) is 25.6 Å². The van der Waals surface area contributed by atoms with Crippen LogP contribution in [0.3, 0.4) is 0 Å². The lowest BCUT2D eigenvalue weighted by atomic mass is 10.1. The number of pyridine rings is 1. The van der Waals surface area contributed by atoms with Gasteiger partial charge in [-0.1, -0.05) is 6.07 Å². The van der Waals surface area contributed by atoms with E-state index >= 15 is 0 Å². The molecule has 0 aliphatic heterocycles. The molecule has 3 aromatic heterocycles. The molecular weight excluding hydrogens is 506 g/mol. The standard InChI is InChI=1S/C25H25FN6O2.2ClH/c1-25(2,34)20-4-3-5-21(30-20)32-14-19(26)18-13-28-24(31-22(18)32)29-17-10-8-16(9-11-17)23(33)27-12-15-6-7-15;;/h3-5,8-11,13-15,34H,6-7,12H2,1-2H3,(H,27,33)(H,28,29,31);2*1H. The maximum atomic E-state index is 14.6. The van der Waals surface area contributed by atoms with Gasteiger partial charge in [-0.2, -0.15) is 4.98 Å². The number of aliphatic hydroxyl groups is 1. The summed E-state index contributed by atoms with van der Waals surface area (Å²) in [5, 5.41) is 16.6. The van der Waals surface area contributed by atoms with Crippen LogP contribution < -0.4 is 10.6 Å². The minimum Gasteiger partial charge on any atom is -0.384 e. The molecule has 0 atom stereocenters. The fourth-order valence-electron chi connectivity index (χ4n) is 3.60. The lowest BCUT2D eigenvalue weighted by Gasteiger charge is -2.17. The average molecular weight is 533 g/mol. The topological polar surface area (TPSA) is 105 Å². The zero-order chi connectivity index (χ0) is 23.9. The molecule has 0 bridgehead atoms. The third kappa shape index (κ3) is 5.92. The Morgan fingerprint density at radius 2 is 1.86 bits per heavy atom. The molecule has 3 heterocycles. The van der Waals surface area contributed by atoms with Gasteiger partial charge in [-0.3, -0.25) is 9.36 Å². The molecule has 1 aliphatic rings. The van der Waals surface area contributed by atoms with Gasteiger partial charge in [-0.15, -0.1) is 24.8 Å². The monoisotopic (exact) mass is 532 g/mol. The van der Waals surface area contributed by atoms with Gasteiger partial charge in [-0.25, -0.2) is 14.4 Å². The quantitative estimate of drug-likeness (QED) is 0.312. The molecule has 11 heteroatoms. The van der Waals surface area contributed by atoms with Crippen molar-refractivity contribution in [3.8, 4) is 5.82 Å². The van der Waals surface area contributed by atoms with E-state index < -0.39 is 11.4 Å². The minimum atomic E-state index is -1.14. The summed E-state index contributed by atoms with van der Waals surface area (Å²) >= 11 is 0. The molecule has 1 fully saturated rings. The lowest BCUT2D eigenvalue weighted by Crippen LogP contribution is -2.25. The molecule has 1 aromatic carbocycles. The fraction of sp³-hybridized carbons (Fsp3) is 0.280. The first-order valence-corrected chi connectivity index (χ1v) is 11.2. The summed E-state index contributed by atoms with van der Waals surface area (Å²) < 4.78 is 16.1. The van der Waals surface area contributed by atoms with Gasteiger partial charge in [0.1, 0.15) is 11.4 Å².